The van der Waals surface area contributed by atoms with E-state index in [1.54, 1.807) is 51.1 Å². The van der Waals surface area contributed by atoms with E-state index in [0.717, 1.165) is 0 Å². The molecule has 1 rings (SSSR count). The van der Waals surface area contributed by atoms with Gasteiger partial charge in [0.15, 0.2) is 5.78 Å². The number of Topliss-reactive ketones (excluding diaryl/α,β-unsaturated/α-hetero) is 2. The molecule has 0 aliphatic carbocycles. The first-order chi connectivity index (χ1) is 9.55. The van der Waals surface area contributed by atoms with Crippen LogP contribution in [-0.4, -0.2) is 17.5 Å². The van der Waals surface area contributed by atoms with E-state index in [1.165, 1.54) is 13.8 Å². The van der Waals surface area contributed by atoms with E-state index in [4.69, 9.17) is 4.74 Å². The summed E-state index contributed by atoms with van der Waals surface area (Å²) in [6, 6.07) is 8.55. The molecule has 0 saturated carbocycles. The summed E-state index contributed by atoms with van der Waals surface area (Å²) in [6.45, 7) is 8.21. The van der Waals surface area contributed by atoms with Crippen LogP contribution in [0.1, 0.15) is 41.0 Å². The third kappa shape index (κ3) is 4.52. The van der Waals surface area contributed by atoms with Crippen molar-refractivity contribution in [2.24, 2.45) is 10.8 Å². The molecule has 0 spiro atoms. The number of carbonyl (C=O) groups excluding carboxylic acids is 3. The molecule has 1 aromatic rings. The Bertz CT molecular complexity index is 536. The lowest BCUT2D eigenvalue weighted by atomic mass is 9.80. The van der Waals surface area contributed by atoms with E-state index < -0.39 is 22.6 Å². The van der Waals surface area contributed by atoms with Crippen LogP contribution >= 0.6 is 0 Å². The molecule has 0 aliphatic rings. The summed E-state index contributed by atoms with van der Waals surface area (Å²) in [5.41, 5.74) is -1.95. The quantitative estimate of drug-likeness (QED) is 0.474. The predicted octanol–water partition coefficient (Wildman–Crippen LogP) is 3.19. The van der Waals surface area contributed by atoms with Crippen LogP contribution in [0, 0.1) is 10.8 Å². The Morgan fingerprint density at radius 3 is 1.90 bits per heavy atom. The van der Waals surface area contributed by atoms with E-state index >= 15 is 0 Å². The summed E-state index contributed by atoms with van der Waals surface area (Å²) < 4.78 is 5.20. The summed E-state index contributed by atoms with van der Waals surface area (Å²) >= 11 is 0. The van der Waals surface area contributed by atoms with Crippen molar-refractivity contribution in [3.8, 4) is 5.75 Å². The van der Waals surface area contributed by atoms with Gasteiger partial charge in [0, 0.05) is 5.41 Å². The third-order valence-electron chi connectivity index (χ3n) is 3.32. The molecular weight excluding hydrogens is 268 g/mol. The average molecular weight is 290 g/mol. The first-order valence-electron chi connectivity index (χ1n) is 6.89. The number of carbonyl (C=O) groups is 3. The van der Waals surface area contributed by atoms with Gasteiger partial charge in [0.05, 0.1) is 6.42 Å². The van der Waals surface area contributed by atoms with Crippen LogP contribution in [0.3, 0.4) is 0 Å². The molecule has 0 bridgehead atoms. The van der Waals surface area contributed by atoms with E-state index in [-0.39, 0.29) is 12.2 Å². The molecule has 0 aromatic heterocycles. The Kier molecular flexibility index (Phi) is 5.05. The van der Waals surface area contributed by atoms with Gasteiger partial charge in [0.2, 0.25) is 0 Å². The van der Waals surface area contributed by atoms with Gasteiger partial charge in [-0.05, 0) is 26.0 Å². The van der Waals surface area contributed by atoms with Crippen LogP contribution in [0.25, 0.3) is 0 Å². The Labute approximate surface area is 125 Å². The smallest absolute Gasteiger partial charge is 0.324 e. The van der Waals surface area contributed by atoms with E-state index in [0.29, 0.717) is 5.75 Å². The fourth-order valence-electron chi connectivity index (χ4n) is 1.47. The molecule has 0 N–H and O–H groups in total. The zero-order valence-electron chi connectivity index (χ0n) is 13.2. The maximum absolute atomic E-state index is 12.2. The minimum atomic E-state index is -1.35. The molecule has 0 heterocycles. The summed E-state index contributed by atoms with van der Waals surface area (Å²) in [6.07, 6.45) is -0.264. The Morgan fingerprint density at radius 1 is 0.905 bits per heavy atom. The minimum absolute atomic E-state index is 0.187. The van der Waals surface area contributed by atoms with Crippen LogP contribution < -0.4 is 4.74 Å². The van der Waals surface area contributed by atoms with Gasteiger partial charge in [-0.1, -0.05) is 39.0 Å². The van der Waals surface area contributed by atoms with Crippen molar-refractivity contribution in [2.75, 3.05) is 0 Å². The number of benzene rings is 1. The maximum Gasteiger partial charge on any atom is 0.324 e. The molecule has 0 unspecified atom stereocenters. The van der Waals surface area contributed by atoms with E-state index in [9.17, 15) is 14.4 Å². The zero-order chi connectivity index (χ0) is 16.3. The average Bonchev–Trinajstić information content (AvgIpc) is 2.38. The number of para-hydroxylation sites is 1. The van der Waals surface area contributed by atoms with Gasteiger partial charge in [-0.3, -0.25) is 14.4 Å². The van der Waals surface area contributed by atoms with Gasteiger partial charge in [0.25, 0.3) is 0 Å². The van der Waals surface area contributed by atoms with Crippen molar-refractivity contribution < 1.29 is 19.1 Å². The maximum atomic E-state index is 12.2. The number of ketones is 2. The largest absolute Gasteiger partial charge is 0.426 e. The Morgan fingerprint density at radius 2 is 1.43 bits per heavy atom. The summed E-state index contributed by atoms with van der Waals surface area (Å²) in [5, 5.41) is 0. The highest BCUT2D eigenvalue weighted by atomic mass is 16.5. The number of esters is 1. The van der Waals surface area contributed by atoms with Crippen LogP contribution in [0.4, 0.5) is 0 Å². The normalized spacial score (nSPS) is 11.9. The van der Waals surface area contributed by atoms with Gasteiger partial charge in [0.1, 0.15) is 16.9 Å². The second-order valence-corrected chi connectivity index (χ2v) is 6.60. The standard InChI is InChI=1S/C17H22O4/c1-16(2,3)13(18)11-14(19)17(4,5)15(20)21-12-9-7-6-8-10-12/h6-10H,11H2,1-5H3. The van der Waals surface area contributed by atoms with Gasteiger partial charge in [-0.25, -0.2) is 0 Å². The molecule has 0 atom stereocenters. The lowest BCUT2D eigenvalue weighted by Gasteiger charge is -2.23. The minimum Gasteiger partial charge on any atom is -0.426 e. The second kappa shape index (κ2) is 6.20. The molecule has 0 aliphatic heterocycles. The molecule has 0 fully saturated rings. The number of ether oxygens (including phenoxy) is 1. The van der Waals surface area contributed by atoms with Crippen LogP contribution in [0.2, 0.25) is 0 Å². The molecule has 21 heavy (non-hydrogen) atoms. The molecular formula is C17H22O4. The molecule has 4 heteroatoms. The van der Waals surface area contributed by atoms with E-state index in [1.807, 2.05) is 0 Å². The predicted molar refractivity (Wildman–Crippen MR) is 79.9 cm³/mol. The molecule has 1 aromatic carbocycles. The van der Waals surface area contributed by atoms with Gasteiger partial charge >= 0.3 is 5.97 Å². The van der Waals surface area contributed by atoms with Crippen LogP contribution in [-0.2, 0) is 14.4 Å². The van der Waals surface area contributed by atoms with Gasteiger partial charge in [-0.2, -0.15) is 0 Å². The molecule has 0 radical (unpaired) electrons. The second-order valence-electron chi connectivity index (χ2n) is 6.60. The molecule has 4 nitrogen and oxygen atoms in total. The monoisotopic (exact) mass is 290 g/mol. The topological polar surface area (TPSA) is 60.4 Å². The lowest BCUT2D eigenvalue weighted by molar-refractivity contribution is -0.151. The Hall–Kier alpha value is -1.97. The summed E-state index contributed by atoms with van der Waals surface area (Å²) in [7, 11) is 0. The van der Waals surface area contributed by atoms with Crippen molar-refractivity contribution in [2.45, 2.75) is 41.0 Å². The SMILES string of the molecule is CC(C)(C)C(=O)CC(=O)C(C)(C)C(=O)Oc1ccccc1. The fraction of sp³-hybridized carbons (Fsp3) is 0.471. The highest BCUT2D eigenvalue weighted by Gasteiger charge is 2.39. The number of hydrogen-bond donors (Lipinski definition) is 0. The highest BCUT2D eigenvalue weighted by Crippen LogP contribution is 2.25. The molecule has 0 saturated heterocycles. The van der Waals surface area contributed by atoms with Gasteiger partial charge in [-0.15, -0.1) is 0 Å². The van der Waals surface area contributed by atoms with Crippen molar-refractivity contribution in [1.82, 2.24) is 0 Å². The van der Waals surface area contributed by atoms with Crippen LogP contribution in [0.5, 0.6) is 5.75 Å². The lowest BCUT2D eigenvalue weighted by Crippen LogP contribution is -2.39. The first-order valence-corrected chi connectivity index (χ1v) is 6.89. The Balaban J connectivity index is 2.77. The van der Waals surface area contributed by atoms with Crippen molar-refractivity contribution in [1.29, 1.82) is 0 Å². The van der Waals surface area contributed by atoms with Gasteiger partial charge < -0.3 is 4.74 Å². The highest BCUT2D eigenvalue weighted by molar-refractivity contribution is 6.11. The number of rotatable bonds is 5. The summed E-state index contributed by atoms with van der Waals surface area (Å²) in [4.78, 5) is 36.3. The fourth-order valence-corrected chi connectivity index (χ4v) is 1.47. The van der Waals surface area contributed by atoms with Crippen molar-refractivity contribution in [3.63, 3.8) is 0 Å². The van der Waals surface area contributed by atoms with Crippen LogP contribution in [0.15, 0.2) is 30.3 Å². The zero-order valence-corrected chi connectivity index (χ0v) is 13.2. The molecule has 0 amide bonds. The number of hydrogen-bond acceptors (Lipinski definition) is 4. The summed E-state index contributed by atoms with van der Waals surface area (Å²) in [5.74, 6) is -0.887. The molecule has 114 valence electrons. The van der Waals surface area contributed by atoms with Crippen molar-refractivity contribution in [3.05, 3.63) is 30.3 Å². The van der Waals surface area contributed by atoms with E-state index in [2.05, 4.69) is 0 Å². The van der Waals surface area contributed by atoms with Crippen molar-refractivity contribution >= 4 is 17.5 Å². The first kappa shape index (κ1) is 17.1. The third-order valence-corrected chi connectivity index (χ3v) is 3.32.